The van der Waals surface area contributed by atoms with Crippen LogP contribution in [-0.4, -0.2) is 66.3 Å². The van der Waals surface area contributed by atoms with Crippen LogP contribution in [0.5, 0.6) is 0 Å². The fourth-order valence-corrected chi connectivity index (χ4v) is 2.15. The fourth-order valence-electron chi connectivity index (χ4n) is 2.15. The Morgan fingerprint density at radius 2 is 1.33 bits per heavy atom. The molecule has 0 spiro atoms. The summed E-state index contributed by atoms with van der Waals surface area (Å²) >= 11 is 0. The molecule has 0 amide bonds. The molecule has 1 aliphatic heterocycles. The second-order valence-corrected chi connectivity index (χ2v) is 5.09. The molecular weight excluding hydrogens is 328 g/mol. The van der Waals surface area contributed by atoms with E-state index in [9.17, 15) is 24.3 Å². The standard InChI is InChI=1S/C14H20O10/c1-6(15)20-5-10-12(21-7(2)16)13(22-8(3)17)11(19)14(24-10)23-9(4)18/h10-14,19H,5H2,1-4H3/t10-,11-,12+,13+,14-/m0/s1. The van der Waals surface area contributed by atoms with Gasteiger partial charge in [0.15, 0.2) is 18.3 Å². The lowest BCUT2D eigenvalue weighted by atomic mass is 9.98. The number of aliphatic hydroxyl groups excluding tert-OH is 1. The van der Waals surface area contributed by atoms with Gasteiger partial charge in [-0.2, -0.15) is 0 Å². The Labute approximate surface area is 137 Å². The summed E-state index contributed by atoms with van der Waals surface area (Å²) < 4.78 is 25.0. The lowest BCUT2D eigenvalue weighted by molar-refractivity contribution is -0.297. The molecule has 1 heterocycles. The van der Waals surface area contributed by atoms with E-state index in [4.69, 9.17) is 23.7 Å². The average Bonchev–Trinajstić information content (AvgIpc) is 2.42. The molecule has 0 bridgehead atoms. The molecule has 5 atom stereocenters. The van der Waals surface area contributed by atoms with Crippen LogP contribution in [-0.2, 0) is 42.9 Å². The van der Waals surface area contributed by atoms with Crippen LogP contribution in [0.15, 0.2) is 0 Å². The van der Waals surface area contributed by atoms with E-state index in [1.165, 1.54) is 0 Å². The van der Waals surface area contributed by atoms with Crippen molar-refractivity contribution in [1.29, 1.82) is 0 Å². The van der Waals surface area contributed by atoms with Gasteiger partial charge in [-0.1, -0.05) is 0 Å². The zero-order valence-corrected chi connectivity index (χ0v) is 13.7. The van der Waals surface area contributed by atoms with E-state index in [1.54, 1.807) is 0 Å². The van der Waals surface area contributed by atoms with Gasteiger partial charge in [0.25, 0.3) is 0 Å². The summed E-state index contributed by atoms with van der Waals surface area (Å²) in [6, 6.07) is 0. The molecule has 0 saturated carbocycles. The number of carbonyl (C=O) groups excluding carboxylic acids is 4. The Morgan fingerprint density at radius 3 is 1.79 bits per heavy atom. The first-order valence-electron chi connectivity index (χ1n) is 7.10. The van der Waals surface area contributed by atoms with E-state index in [0.717, 1.165) is 27.7 Å². The number of aliphatic hydroxyl groups is 1. The molecule has 24 heavy (non-hydrogen) atoms. The maximum atomic E-state index is 11.3. The molecule has 0 unspecified atom stereocenters. The lowest BCUT2D eigenvalue weighted by Crippen LogP contribution is -2.62. The minimum atomic E-state index is -1.60. The van der Waals surface area contributed by atoms with Crippen molar-refractivity contribution in [3.05, 3.63) is 0 Å². The molecule has 10 heteroatoms. The Bertz CT molecular complexity index is 486. The molecule has 1 fully saturated rings. The summed E-state index contributed by atoms with van der Waals surface area (Å²) in [4.78, 5) is 44.7. The number of carbonyl (C=O) groups is 4. The molecule has 1 aliphatic rings. The Morgan fingerprint density at radius 1 is 0.833 bits per heavy atom. The number of hydrogen-bond acceptors (Lipinski definition) is 10. The third-order valence-corrected chi connectivity index (χ3v) is 2.95. The quantitative estimate of drug-likeness (QED) is 0.490. The zero-order valence-electron chi connectivity index (χ0n) is 13.7. The van der Waals surface area contributed by atoms with Crippen LogP contribution in [0.3, 0.4) is 0 Å². The van der Waals surface area contributed by atoms with Gasteiger partial charge in [0, 0.05) is 27.7 Å². The number of ether oxygens (including phenoxy) is 5. The highest BCUT2D eigenvalue weighted by Crippen LogP contribution is 2.27. The largest absolute Gasteiger partial charge is 0.463 e. The summed E-state index contributed by atoms with van der Waals surface area (Å²) in [6.45, 7) is 4.09. The Kier molecular flexibility index (Phi) is 7.11. The van der Waals surface area contributed by atoms with Gasteiger partial charge >= 0.3 is 23.9 Å². The molecule has 10 nitrogen and oxygen atoms in total. The second-order valence-electron chi connectivity index (χ2n) is 5.09. The van der Waals surface area contributed by atoms with E-state index in [0.29, 0.717) is 0 Å². The molecule has 1 N–H and O–H groups in total. The molecule has 1 rings (SSSR count). The number of esters is 4. The van der Waals surface area contributed by atoms with Gasteiger partial charge in [-0.05, 0) is 0 Å². The van der Waals surface area contributed by atoms with Gasteiger partial charge in [0.05, 0.1) is 0 Å². The first-order valence-corrected chi connectivity index (χ1v) is 7.10. The van der Waals surface area contributed by atoms with Crippen molar-refractivity contribution >= 4 is 23.9 Å². The third-order valence-electron chi connectivity index (χ3n) is 2.95. The van der Waals surface area contributed by atoms with Crippen LogP contribution in [0.4, 0.5) is 0 Å². The summed E-state index contributed by atoms with van der Waals surface area (Å²) in [6.07, 6.45) is -6.83. The predicted molar refractivity (Wildman–Crippen MR) is 74.2 cm³/mol. The van der Waals surface area contributed by atoms with E-state index in [2.05, 4.69) is 0 Å². The van der Waals surface area contributed by atoms with Crippen molar-refractivity contribution in [1.82, 2.24) is 0 Å². The van der Waals surface area contributed by atoms with E-state index in [1.807, 2.05) is 0 Å². The van der Waals surface area contributed by atoms with Crippen LogP contribution in [0, 0.1) is 0 Å². The first kappa shape index (κ1) is 19.8. The molecular formula is C14H20O10. The molecule has 0 aliphatic carbocycles. The summed E-state index contributed by atoms with van der Waals surface area (Å²) in [7, 11) is 0. The van der Waals surface area contributed by atoms with Gasteiger partial charge in [-0.25, -0.2) is 0 Å². The third kappa shape index (κ3) is 5.78. The summed E-state index contributed by atoms with van der Waals surface area (Å²) in [5.74, 6) is -2.87. The van der Waals surface area contributed by atoms with Crippen LogP contribution in [0.2, 0.25) is 0 Å². The second kappa shape index (κ2) is 8.60. The lowest BCUT2D eigenvalue weighted by Gasteiger charge is -2.42. The molecule has 136 valence electrons. The smallest absolute Gasteiger partial charge is 0.305 e. The molecule has 0 aromatic heterocycles. The van der Waals surface area contributed by atoms with Crippen molar-refractivity contribution in [2.45, 2.75) is 58.4 Å². The van der Waals surface area contributed by atoms with E-state index >= 15 is 0 Å². The molecule has 0 aromatic carbocycles. The minimum absolute atomic E-state index is 0.366. The monoisotopic (exact) mass is 348 g/mol. The molecule has 1 saturated heterocycles. The van der Waals surface area contributed by atoms with Crippen molar-refractivity contribution in [2.24, 2.45) is 0 Å². The number of rotatable bonds is 5. The topological polar surface area (TPSA) is 135 Å². The molecule has 0 aromatic rings. The SMILES string of the molecule is CC(=O)OC[C@@H]1O[C@H](OC(C)=O)[C@@H](O)[C@@H](OC(C)=O)[C@@H]1OC(C)=O. The van der Waals surface area contributed by atoms with Crippen LogP contribution in [0.25, 0.3) is 0 Å². The molecule has 0 radical (unpaired) electrons. The average molecular weight is 348 g/mol. The first-order chi connectivity index (χ1) is 11.1. The van der Waals surface area contributed by atoms with Gasteiger partial charge in [-0.3, -0.25) is 19.2 Å². The van der Waals surface area contributed by atoms with Crippen molar-refractivity contribution < 1.29 is 48.0 Å². The van der Waals surface area contributed by atoms with Crippen molar-refractivity contribution in [3.8, 4) is 0 Å². The van der Waals surface area contributed by atoms with E-state index in [-0.39, 0.29) is 6.61 Å². The normalized spacial score (nSPS) is 29.3. The Balaban J connectivity index is 3.08. The van der Waals surface area contributed by atoms with Gasteiger partial charge < -0.3 is 28.8 Å². The Hall–Kier alpha value is -2.20. The summed E-state index contributed by atoms with van der Waals surface area (Å²) in [5, 5.41) is 10.2. The van der Waals surface area contributed by atoms with Crippen molar-refractivity contribution in [2.75, 3.05) is 6.61 Å². The highest BCUT2D eigenvalue weighted by molar-refractivity contribution is 5.68. The fraction of sp³-hybridized carbons (Fsp3) is 0.714. The zero-order chi connectivity index (χ0) is 18.4. The minimum Gasteiger partial charge on any atom is -0.463 e. The predicted octanol–water partition coefficient (Wildman–Crippen LogP) is -0.938. The summed E-state index contributed by atoms with van der Waals surface area (Å²) in [5.41, 5.74) is 0. The maximum Gasteiger partial charge on any atom is 0.305 e. The van der Waals surface area contributed by atoms with Crippen LogP contribution in [0.1, 0.15) is 27.7 Å². The van der Waals surface area contributed by atoms with Crippen molar-refractivity contribution in [3.63, 3.8) is 0 Å². The highest BCUT2D eigenvalue weighted by atomic mass is 16.7. The van der Waals surface area contributed by atoms with Gasteiger partial charge in [0.2, 0.25) is 6.29 Å². The van der Waals surface area contributed by atoms with Crippen LogP contribution >= 0.6 is 0 Å². The highest BCUT2D eigenvalue weighted by Gasteiger charge is 2.51. The number of hydrogen-bond donors (Lipinski definition) is 1. The van der Waals surface area contributed by atoms with Gasteiger partial charge in [0.1, 0.15) is 12.7 Å². The van der Waals surface area contributed by atoms with Gasteiger partial charge in [-0.15, -0.1) is 0 Å². The van der Waals surface area contributed by atoms with Crippen LogP contribution < -0.4 is 0 Å². The van der Waals surface area contributed by atoms with E-state index < -0.39 is 54.6 Å². The maximum absolute atomic E-state index is 11.3.